The number of hydrogen-bond acceptors (Lipinski definition) is 3. The zero-order valence-electron chi connectivity index (χ0n) is 12.8. The molecule has 2 aliphatic heterocycles. The van der Waals surface area contributed by atoms with Gasteiger partial charge in [-0.05, 0) is 19.3 Å². The van der Waals surface area contributed by atoms with Crippen LogP contribution in [0, 0.1) is 0 Å². The Bertz CT molecular complexity index is 612. The summed E-state index contributed by atoms with van der Waals surface area (Å²) in [6.45, 7) is 3.24. The van der Waals surface area contributed by atoms with Crippen molar-refractivity contribution < 1.29 is 9.59 Å². The van der Waals surface area contributed by atoms with Crippen LogP contribution in [0.15, 0.2) is 35.3 Å². The molecule has 2 heterocycles. The van der Waals surface area contributed by atoms with Crippen molar-refractivity contribution in [3.05, 3.63) is 35.9 Å². The highest BCUT2D eigenvalue weighted by Gasteiger charge is 2.43. The predicted octanol–water partition coefficient (Wildman–Crippen LogP) is 1.72. The van der Waals surface area contributed by atoms with Crippen LogP contribution in [0.3, 0.4) is 0 Å². The Balaban J connectivity index is 1.83. The monoisotopic (exact) mass is 299 g/mol. The van der Waals surface area contributed by atoms with Gasteiger partial charge in [-0.2, -0.15) is 0 Å². The number of benzene rings is 1. The smallest absolute Gasteiger partial charge is 0.272 e. The SMILES string of the molecule is CCCC(=O)N1CCC[C@]2(C1)N=C(c1ccccc1)C(=O)N2. The van der Waals surface area contributed by atoms with Crippen molar-refractivity contribution in [1.82, 2.24) is 10.2 Å². The lowest BCUT2D eigenvalue weighted by atomic mass is 9.99. The van der Waals surface area contributed by atoms with Gasteiger partial charge in [0.2, 0.25) is 5.91 Å². The predicted molar refractivity (Wildman–Crippen MR) is 84.6 cm³/mol. The Labute approximate surface area is 130 Å². The molecule has 1 saturated heterocycles. The van der Waals surface area contributed by atoms with E-state index >= 15 is 0 Å². The van der Waals surface area contributed by atoms with Gasteiger partial charge in [0.15, 0.2) is 5.66 Å². The van der Waals surface area contributed by atoms with Gasteiger partial charge < -0.3 is 10.2 Å². The minimum Gasteiger partial charge on any atom is -0.338 e. The van der Waals surface area contributed by atoms with Crippen molar-refractivity contribution in [3.63, 3.8) is 0 Å². The van der Waals surface area contributed by atoms with Crippen molar-refractivity contribution in [1.29, 1.82) is 0 Å². The molecule has 0 aromatic heterocycles. The molecule has 1 fully saturated rings. The number of aliphatic imine (C=N–C) groups is 1. The standard InChI is InChI=1S/C17H21N3O2/c1-2-7-14(21)20-11-6-10-17(12-20)18-15(16(22)19-17)13-8-4-3-5-9-13/h3-5,8-9H,2,6-7,10-12H2,1H3,(H,19,22)/t17-/m0/s1. The van der Waals surface area contributed by atoms with Crippen molar-refractivity contribution in [2.24, 2.45) is 4.99 Å². The third kappa shape index (κ3) is 2.75. The molecule has 116 valence electrons. The molecule has 0 saturated carbocycles. The lowest BCUT2D eigenvalue weighted by Gasteiger charge is -2.38. The number of carbonyl (C=O) groups is 2. The second-order valence-electron chi connectivity index (χ2n) is 5.98. The van der Waals surface area contributed by atoms with Crippen molar-refractivity contribution in [2.45, 2.75) is 38.3 Å². The normalized spacial score (nSPS) is 24.3. The van der Waals surface area contributed by atoms with Crippen molar-refractivity contribution >= 4 is 17.5 Å². The minimum atomic E-state index is -0.635. The lowest BCUT2D eigenvalue weighted by Crippen LogP contribution is -2.56. The van der Waals surface area contributed by atoms with Gasteiger partial charge >= 0.3 is 0 Å². The molecule has 1 N–H and O–H groups in total. The van der Waals surface area contributed by atoms with Crippen LogP contribution in [0.5, 0.6) is 0 Å². The first-order valence-corrected chi connectivity index (χ1v) is 7.89. The highest BCUT2D eigenvalue weighted by Crippen LogP contribution is 2.28. The van der Waals surface area contributed by atoms with E-state index in [1.165, 1.54) is 0 Å². The first-order valence-electron chi connectivity index (χ1n) is 7.89. The van der Waals surface area contributed by atoms with Gasteiger partial charge in [0.25, 0.3) is 5.91 Å². The summed E-state index contributed by atoms with van der Waals surface area (Å²) in [6.07, 6.45) is 3.04. The van der Waals surface area contributed by atoms with Crippen LogP contribution in [0.25, 0.3) is 0 Å². The molecule has 1 aromatic carbocycles. The Morgan fingerprint density at radius 2 is 2.14 bits per heavy atom. The Hall–Kier alpha value is -2.17. The minimum absolute atomic E-state index is 0.143. The summed E-state index contributed by atoms with van der Waals surface area (Å²) < 4.78 is 0. The van der Waals surface area contributed by atoms with Gasteiger partial charge in [-0.3, -0.25) is 9.59 Å². The molecule has 0 aliphatic carbocycles. The van der Waals surface area contributed by atoms with Crippen molar-refractivity contribution in [3.8, 4) is 0 Å². The fourth-order valence-corrected chi connectivity index (χ4v) is 3.17. The molecule has 1 aromatic rings. The molecule has 0 unspecified atom stereocenters. The molecule has 0 radical (unpaired) electrons. The molecular weight excluding hydrogens is 278 g/mol. The largest absolute Gasteiger partial charge is 0.338 e. The van der Waals surface area contributed by atoms with Crippen LogP contribution >= 0.6 is 0 Å². The van der Waals surface area contributed by atoms with E-state index in [-0.39, 0.29) is 11.8 Å². The van der Waals surface area contributed by atoms with E-state index in [0.29, 0.717) is 18.7 Å². The Morgan fingerprint density at radius 1 is 1.36 bits per heavy atom. The van der Waals surface area contributed by atoms with Crippen LogP contribution in [-0.4, -0.2) is 41.2 Å². The van der Waals surface area contributed by atoms with Crippen LogP contribution < -0.4 is 5.32 Å². The van der Waals surface area contributed by atoms with Crippen LogP contribution in [0.4, 0.5) is 0 Å². The number of amides is 2. The molecule has 5 nitrogen and oxygen atoms in total. The second-order valence-corrected chi connectivity index (χ2v) is 5.98. The average molecular weight is 299 g/mol. The maximum absolute atomic E-state index is 12.3. The molecule has 22 heavy (non-hydrogen) atoms. The summed E-state index contributed by atoms with van der Waals surface area (Å²) in [7, 11) is 0. The summed E-state index contributed by atoms with van der Waals surface area (Å²) in [5, 5.41) is 3.01. The fraction of sp³-hybridized carbons (Fsp3) is 0.471. The maximum Gasteiger partial charge on any atom is 0.272 e. The lowest BCUT2D eigenvalue weighted by molar-refractivity contribution is -0.134. The third-order valence-electron chi connectivity index (χ3n) is 4.22. The molecule has 1 spiro atoms. The summed E-state index contributed by atoms with van der Waals surface area (Å²) in [4.78, 5) is 31.0. The third-order valence-corrected chi connectivity index (χ3v) is 4.22. The maximum atomic E-state index is 12.3. The quantitative estimate of drug-likeness (QED) is 0.924. The van der Waals surface area contributed by atoms with Crippen LogP contribution in [0.2, 0.25) is 0 Å². The molecule has 5 heteroatoms. The topological polar surface area (TPSA) is 61.8 Å². The summed E-state index contributed by atoms with van der Waals surface area (Å²) in [5.41, 5.74) is 0.670. The van der Waals surface area contributed by atoms with Gasteiger partial charge in [-0.25, -0.2) is 4.99 Å². The summed E-state index contributed by atoms with van der Waals surface area (Å²) in [6, 6.07) is 9.49. The number of carbonyl (C=O) groups excluding carboxylic acids is 2. The van der Waals surface area contributed by atoms with E-state index in [1.807, 2.05) is 42.2 Å². The zero-order valence-corrected chi connectivity index (χ0v) is 12.8. The number of hydrogen-bond donors (Lipinski definition) is 1. The highest BCUT2D eigenvalue weighted by atomic mass is 16.2. The molecule has 3 rings (SSSR count). The molecule has 0 bridgehead atoms. The van der Waals surface area contributed by atoms with E-state index in [2.05, 4.69) is 10.3 Å². The van der Waals surface area contributed by atoms with Gasteiger partial charge in [-0.1, -0.05) is 37.3 Å². The Morgan fingerprint density at radius 3 is 2.86 bits per heavy atom. The second kappa shape index (κ2) is 5.91. The zero-order chi connectivity index (χ0) is 15.6. The highest BCUT2D eigenvalue weighted by molar-refractivity contribution is 6.46. The van der Waals surface area contributed by atoms with E-state index in [9.17, 15) is 9.59 Å². The van der Waals surface area contributed by atoms with Gasteiger partial charge in [0, 0.05) is 18.5 Å². The summed E-state index contributed by atoms with van der Waals surface area (Å²) >= 11 is 0. The average Bonchev–Trinajstić information content (AvgIpc) is 2.84. The van der Waals surface area contributed by atoms with E-state index in [4.69, 9.17) is 0 Å². The fourth-order valence-electron chi connectivity index (χ4n) is 3.17. The first kappa shape index (κ1) is 14.8. The number of likely N-dealkylation sites (tertiary alicyclic amines) is 1. The van der Waals surface area contributed by atoms with Crippen LogP contribution in [-0.2, 0) is 9.59 Å². The summed E-state index contributed by atoms with van der Waals surface area (Å²) in [5.74, 6) is 0.00942. The number of piperidine rings is 1. The number of nitrogens with zero attached hydrogens (tertiary/aromatic N) is 2. The molecular formula is C17H21N3O2. The Kier molecular flexibility index (Phi) is 3.96. The van der Waals surface area contributed by atoms with Crippen LogP contribution in [0.1, 0.15) is 38.2 Å². The van der Waals surface area contributed by atoms with E-state index in [0.717, 1.165) is 31.4 Å². The number of nitrogens with one attached hydrogen (secondary N) is 1. The van der Waals surface area contributed by atoms with E-state index in [1.54, 1.807) is 0 Å². The van der Waals surface area contributed by atoms with Gasteiger partial charge in [0.05, 0.1) is 6.54 Å². The molecule has 2 amide bonds. The van der Waals surface area contributed by atoms with E-state index < -0.39 is 5.66 Å². The first-order chi connectivity index (χ1) is 10.6. The number of rotatable bonds is 3. The molecule has 2 aliphatic rings. The van der Waals surface area contributed by atoms with Crippen molar-refractivity contribution in [2.75, 3.05) is 13.1 Å². The van der Waals surface area contributed by atoms with Gasteiger partial charge in [-0.15, -0.1) is 0 Å². The van der Waals surface area contributed by atoms with Gasteiger partial charge in [0.1, 0.15) is 5.71 Å². The molecule has 1 atom stereocenters.